The highest BCUT2D eigenvalue weighted by Gasteiger charge is 2.32. The van der Waals surface area contributed by atoms with Crippen molar-refractivity contribution < 1.29 is 9.90 Å². The first-order chi connectivity index (χ1) is 10.3. The molecule has 0 aliphatic carbocycles. The van der Waals surface area contributed by atoms with Crippen molar-refractivity contribution >= 4 is 33.7 Å². The van der Waals surface area contributed by atoms with Gasteiger partial charge in [-0.15, -0.1) is 22.7 Å². The van der Waals surface area contributed by atoms with E-state index < -0.39 is 5.41 Å². The van der Waals surface area contributed by atoms with E-state index in [1.165, 1.54) is 11.3 Å². The van der Waals surface area contributed by atoms with Gasteiger partial charge < -0.3 is 10.4 Å². The first-order valence-electron chi connectivity index (χ1n) is 6.99. The summed E-state index contributed by atoms with van der Waals surface area (Å²) in [6.45, 7) is 7.62. The van der Waals surface area contributed by atoms with Crippen molar-refractivity contribution in [1.82, 2.24) is 10.3 Å². The zero-order valence-electron chi connectivity index (χ0n) is 13.1. The minimum atomic E-state index is -0.457. The number of thiophene rings is 1. The Balaban J connectivity index is 2.14. The van der Waals surface area contributed by atoms with Gasteiger partial charge in [-0.2, -0.15) is 0 Å². The Morgan fingerprint density at radius 2 is 2.18 bits per heavy atom. The number of hydrogen-bond donors (Lipinski definition) is 3. The number of amides is 2. The van der Waals surface area contributed by atoms with E-state index in [1.807, 2.05) is 45.2 Å². The predicted molar refractivity (Wildman–Crippen MR) is 91.7 cm³/mol. The van der Waals surface area contributed by atoms with Crippen molar-refractivity contribution in [3.05, 3.63) is 33.1 Å². The Hall–Kier alpha value is -1.44. The molecule has 5 nitrogen and oxygen atoms in total. The number of nitrogens with one attached hydrogen (secondary N) is 2. The number of aryl methyl sites for hydroxylation is 2. The molecule has 0 aliphatic heterocycles. The molecule has 7 heteroatoms. The largest absolute Gasteiger partial charge is 0.396 e. The van der Waals surface area contributed by atoms with Gasteiger partial charge in [-0.3, -0.25) is 5.32 Å². The Morgan fingerprint density at radius 3 is 2.68 bits per heavy atom. The van der Waals surface area contributed by atoms with Gasteiger partial charge in [-0.25, -0.2) is 9.78 Å². The predicted octanol–water partition coefficient (Wildman–Crippen LogP) is 3.70. The average Bonchev–Trinajstić information content (AvgIpc) is 3.06. The summed E-state index contributed by atoms with van der Waals surface area (Å²) in [5, 5.41) is 19.1. The lowest BCUT2D eigenvalue weighted by molar-refractivity contribution is 0.121. The minimum absolute atomic E-state index is 0.0193. The molecule has 1 atom stereocenters. The summed E-state index contributed by atoms with van der Waals surface area (Å²) in [4.78, 5) is 17.6. The zero-order chi connectivity index (χ0) is 16.3. The van der Waals surface area contributed by atoms with Gasteiger partial charge >= 0.3 is 6.03 Å². The van der Waals surface area contributed by atoms with Crippen LogP contribution in [0.1, 0.15) is 35.5 Å². The molecule has 0 unspecified atom stereocenters. The fraction of sp³-hybridized carbons (Fsp3) is 0.467. The maximum Gasteiger partial charge on any atom is 0.320 e. The molecule has 120 valence electrons. The fourth-order valence-electron chi connectivity index (χ4n) is 2.12. The normalized spacial score (nSPS) is 13.0. The van der Waals surface area contributed by atoms with Crippen LogP contribution in [0.5, 0.6) is 0 Å². The molecule has 22 heavy (non-hydrogen) atoms. The quantitative estimate of drug-likeness (QED) is 0.777. The highest BCUT2D eigenvalue weighted by atomic mass is 32.1. The van der Waals surface area contributed by atoms with Crippen LogP contribution in [-0.2, 0) is 0 Å². The molecule has 0 fully saturated rings. The third-order valence-electron chi connectivity index (χ3n) is 3.42. The van der Waals surface area contributed by atoms with Crippen molar-refractivity contribution in [3.63, 3.8) is 0 Å². The maximum atomic E-state index is 12.3. The number of thiazole rings is 1. The number of aliphatic hydroxyl groups excluding tert-OH is 1. The van der Waals surface area contributed by atoms with E-state index in [1.54, 1.807) is 11.3 Å². The minimum Gasteiger partial charge on any atom is -0.396 e. The lowest BCUT2D eigenvalue weighted by Crippen LogP contribution is -2.41. The van der Waals surface area contributed by atoms with Crippen LogP contribution in [-0.4, -0.2) is 22.7 Å². The van der Waals surface area contributed by atoms with Crippen molar-refractivity contribution in [2.24, 2.45) is 5.41 Å². The molecule has 2 rings (SSSR count). The second-order valence-corrected chi connectivity index (χ2v) is 8.02. The Morgan fingerprint density at radius 1 is 1.45 bits per heavy atom. The number of aromatic nitrogens is 1. The van der Waals surface area contributed by atoms with E-state index >= 15 is 0 Å². The highest BCUT2D eigenvalue weighted by Crippen LogP contribution is 2.35. The average molecular weight is 339 g/mol. The third kappa shape index (κ3) is 3.85. The molecule has 2 aromatic heterocycles. The Kier molecular flexibility index (Phi) is 5.20. The number of aliphatic hydroxyl groups is 1. The molecule has 0 aliphatic rings. The Bertz CT molecular complexity index is 635. The number of nitrogens with zero attached hydrogens (tertiary/aromatic N) is 1. The number of carbonyl (C=O) groups excluding carboxylic acids is 1. The van der Waals surface area contributed by atoms with Gasteiger partial charge in [0.1, 0.15) is 5.00 Å². The van der Waals surface area contributed by atoms with E-state index in [0.717, 1.165) is 20.6 Å². The molecular weight excluding hydrogens is 318 g/mol. The van der Waals surface area contributed by atoms with Crippen LogP contribution in [0, 0.1) is 19.3 Å². The summed E-state index contributed by atoms with van der Waals surface area (Å²) in [5.74, 6) is 0. The molecule has 0 radical (unpaired) electrons. The van der Waals surface area contributed by atoms with Crippen LogP contribution in [0.4, 0.5) is 9.80 Å². The van der Waals surface area contributed by atoms with Crippen LogP contribution in [0.15, 0.2) is 17.5 Å². The van der Waals surface area contributed by atoms with Crippen molar-refractivity contribution in [1.29, 1.82) is 0 Å². The number of rotatable bonds is 5. The highest BCUT2D eigenvalue weighted by molar-refractivity contribution is 7.16. The monoisotopic (exact) mass is 339 g/mol. The van der Waals surface area contributed by atoms with Gasteiger partial charge in [-0.1, -0.05) is 19.9 Å². The van der Waals surface area contributed by atoms with Gasteiger partial charge in [0, 0.05) is 10.3 Å². The Labute approximate surface area is 138 Å². The van der Waals surface area contributed by atoms with Gasteiger partial charge in [0.2, 0.25) is 0 Å². The van der Waals surface area contributed by atoms with Crippen LogP contribution in [0.25, 0.3) is 0 Å². The van der Waals surface area contributed by atoms with Crippen LogP contribution in [0.2, 0.25) is 0 Å². The molecule has 3 N–H and O–H groups in total. The fourth-order valence-corrected chi connectivity index (χ4v) is 3.92. The van der Waals surface area contributed by atoms with Crippen molar-refractivity contribution in [2.45, 2.75) is 33.7 Å². The molecule has 2 heterocycles. The van der Waals surface area contributed by atoms with E-state index in [9.17, 15) is 9.90 Å². The summed E-state index contributed by atoms with van der Waals surface area (Å²) in [7, 11) is 0. The van der Waals surface area contributed by atoms with Crippen LogP contribution in [0.3, 0.4) is 0 Å². The molecule has 2 amide bonds. The standard InChI is InChI=1S/C15H21N3O2S2/c1-9-13(22-10(2)16-9)18-14(20)17-12(15(3,4)8-19)11-6-5-7-21-11/h5-7,12,19H,8H2,1-4H3,(H2,17,18,20)/t12-/m1/s1. The molecule has 2 aromatic rings. The smallest absolute Gasteiger partial charge is 0.320 e. The third-order valence-corrected chi connectivity index (χ3v) is 5.35. The molecule has 0 bridgehead atoms. The summed E-state index contributed by atoms with van der Waals surface area (Å²) in [5.41, 5.74) is 0.354. The van der Waals surface area contributed by atoms with E-state index in [-0.39, 0.29) is 18.7 Å². The molecular formula is C15H21N3O2S2. The topological polar surface area (TPSA) is 74.2 Å². The van der Waals surface area contributed by atoms with E-state index in [0.29, 0.717) is 0 Å². The van der Waals surface area contributed by atoms with Gasteiger partial charge in [0.15, 0.2) is 0 Å². The second-order valence-electron chi connectivity index (χ2n) is 5.84. The van der Waals surface area contributed by atoms with Gasteiger partial charge in [0.25, 0.3) is 0 Å². The van der Waals surface area contributed by atoms with E-state index in [4.69, 9.17) is 0 Å². The molecule has 0 aromatic carbocycles. The lowest BCUT2D eigenvalue weighted by atomic mass is 9.84. The molecule has 0 saturated carbocycles. The number of anilines is 1. The molecule has 0 spiro atoms. The van der Waals surface area contributed by atoms with Gasteiger partial charge in [0.05, 0.1) is 23.4 Å². The SMILES string of the molecule is Cc1nc(C)c(NC(=O)N[C@H](c2cccs2)C(C)(C)CO)s1. The summed E-state index contributed by atoms with van der Waals surface area (Å²) in [6, 6.07) is 3.37. The van der Waals surface area contributed by atoms with Crippen LogP contribution >= 0.6 is 22.7 Å². The summed E-state index contributed by atoms with van der Waals surface area (Å²) >= 11 is 3.02. The van der Waals surface area contributed by atoms with Gasteiger partial charge in [-0.05, 0) is 25.3 Å². The molecule has 0 saturated heterocycles. The van der Waals surface area contributed by atoms with Crippen molar-refractivity contribution in [3.8, 4) is 0 Å². The first-order valence-corrected chi connectivity index (χ1v) is 8.69. The summed E-state index contributed by atoms with van der Waals surface area (Å²) < 4.78 is 0. The zero-order valence-corrected chi connectivity index (χ0v) is 14.8. The number of hydrogen-bond acceptors (Lipinski definition) is 5. The van der Waals surface area contributed by atoms with E-state index in [2.05, 4.69) is 15.6 Å². The first kappa shape index (κ1) is 16.9. The maximum absolute atomic E-state index is 12.3. The summed E-state index contributed by atoms with van der Waals surface area (Å²) in [6.07, 6.45) is 0. The number of urea groups is 1. The second kappa shape index (κ2) is 6.76. The lowest BCUT2D eigenvalue weighted by Gasteiger charge is -2.32. The van der Waals surface area contributed by atoms with Crippen molar-refractivity contribution in [2.75, 3.05) is 11.9 Å². The number of carbonyl (C=O) groups is 1. The van der Waals surface area contributed by atoms with Crippen LogP contribution < -0.4 is 10.6 Å².